The van der Waals surface area contributed by atoms with Crippen LogP contribution in [-0.4, -0.2) is 31.5 Å². The van der Waals surface area contributed by atoms with Crippen LogP contribution in [0.1, 0.15) is 17.0 Å². The zero-order valence-electron chi connectivity index (χ0n) is 13.0. The van der Waals surface area contributed by atoms with Crippen molar-refractivity contribution in [2.75, 3.05) is 26.6 Å². The molecule has 6 heteroatoms. The SMILES string of the molecule is COc1ccc(CNc2c(C)n[nH]c2C)c(OC)c1OC. The summed E-state index contributed by atoms with van der Waals surface area (Å²) in [6, 6.07) is 3.82. The lowest BCUT2D eigenvalue weighted by Crippen LogP contribution is -2.05. The highest BCUT2D eigenvalue weighted by atomic mass is 16.5. The van der Waals surface area contributed by atoms with Gasteiger partial charge >= 0.3 is 0 Å². The normalized spacial score (nSPS) is 10.3. The molecule has 2 N–H and O–H groups in total. The van der Waals surface area contributed by atoms with Gasteiger partial charge < -0.3 is 19.5 Å². The zero-order chi connectivity index (χ0) is 15.4. The number of nitrogens with zero attached hydrogens (tertiary/aromatic N) is 1. The minimum absolute atomic E-state index is 0.597. The second kappa shape index (κ2) is 6.39. The van der Waals surface area contributed by atoms with Gasteiger partial charge in [-0.2, -0.15) is 5.10 Å². The van der Waals surface area contributed by atoms with Crippen LogP contribution in [0.5, 0.6) is 17.2 Å². The van der Waals surface area contributed by atoms with Crippen LogP contribution < -0.4 is 19.5 Å². The molecule has 6 nitrogen and oxygen atoms in total. The first-order valence-corrected chi connectivity index (χ1v) is 6.65. The summed E-state index contributed by atoms with van der Waals surface area (Å²) >= 11 is 0. The Kier molecular flexibility index (Phi) is 4.57. The van der Waals surface area contributed by atoms with Gasteiger partial charge in [0.2, 0.25) is 5.75 Å². The average Bonchev–Trinajstić information content (AvgIpc) is 2.82. The summed E-state index contributed by atoms with van der Waals surface area (Å²) in [6.07, 6.45) is 0. The minimum atomic E-state index is 0.597. The smallest absolute Gasteiger partial charge is 0.203 e. The number of rotatable bonds is 6. The third kappa shape index (κ3) is 2.89. The van der Waals surface area contributed by atoms with Crippen molar-refractivity contribution in [1.82, 2.24) is 10.2 Å². The number of nitrogens with one attached hydrogen (secondary N) is 2. The monoisotopic (exact) mass is 291 g/mol. The van der Waals surface area contributed by atoms with Gasteiger partial charge in [0.05, 0.1) is 38.4 Å². The number of methoxy groups -OCH3 is 3. The fourth-order valence-electron chi connectivity index (χ4n) is 2.30. The summed E-state index contributed by atoms with van der Waals surface area (Å²) in [6.45, 7) is 4.54. The molecule has 0 aliphatic carbocycles. The Labute approximate surface area is 124 Å². The van der Waals surface area contributed by atoms with Gasteiger partial charge in [0.1, 0.15) is 0 Å². The number of aryl methyl sites for hydroxylation is 2. The summed E-state index contributed by atoms with van der Waals surface area (Å²) in [7, 11) is 4.82. The number of hydrogen-bond donors (Lipinski definition) is 2. The molecule has 21 heavy (non-hydrogen) atoms. The number of hydrogen-bond acceptors (Lipinski definition) is 5. The van der Waals surface area contributed by atoms with Gasteiger partial charge in [0.25, 0.3) is 0 Å². The molecule has 0 radical (unpaired) electrons. The van der Waals surface area contributed by atoms with E-state index in [2.05, 4.69) is 15.5 Å². The highest BCUT2D eigenvalue weighted by Crippen LogP contribution is 2.40. The zero-order valence-corrected chi connectivity index (χ0v) is 13.0. The fourth-order valence-corrected chi connectivity index (χ4v) is 2.30. The van der Waals surface area contributed by atoms with Crippen LogP contribution in [0.15, 0.2) is 12.1 Å². The molecule has 0 saturated carbocycles. The summed E-state index contributed by atoms with van der Waals surface area (Å²) in [5.41, 5.74) is 3.93. The molecule has 114 valence electrons. The molecule has 1 aromatic heterocycles. The third-order valence-electron chi connectivity index (χ3n) is 3.37. The summed E-state index contributed by atoms with van der Waals surface area (Å²) in [5.74, 6) is 1.91. The van der Waals surface area contributed by atoms with Gasteiger partial charge in [-0.25, -0.2) is 0 Å². The molecule has 0 bridgehead atoms. The van der Waals surface area contributed by atoms with Gasteiger partial charge in [0, 0.05) is 12.1 Å². The van der Waals surface area contributed by atoms with Crippen molar-refractivity contribution >= 4 is 5.69 Å². The van der Waals surface area contributed by atoms with Crippen LogP contribution >= 0.6 is 0 Å². The van der Waals surface area contributed by atoms with E-state index < -0.39 is 0 Å². The summed E-state index contributed by atoms with van der Waals surface area (Å²) in [4.78, 5) is 0. The van der Waals surface area contributed by atoms with Crippen LogP contribution in [-0.2, 0) is 6.54 Å². The van der Waals surface area contributed by atoms with E-state index in [1.165, 1.54) is 0 Å². The van der Waals surface area contributed by atoms with Gasteiger partial charge in [-0.15, -0.1) is 0 Å². The lowest BCUT2D eigenvalue weighted by molar-refractivity contribution is 0.322. The number of benzene rings is 1. The van der Waals surface area contributed by atoms with Gasteiger partial charge in [-0.1, -0.05) is 0 Å². The molecule has 0 fully saturated rings. The van der Waals surface area contributed by atoms with Crippen molar-refractivity contribution in [2.45, 2.75) is 20.4 Å². The van der Waals surface area contributed by atoms with E-state index in [4.69, 9.17) is 14.2 Å². The van der Waals surface area contributed by atoms with Crippen LogP contribution in [0.3, 0.4) is 0 Å². The van der Waals surface area contributed by atoms with Gasteiger partial charge in [-0.05, 0) is 26.0 Å². The Bertz CT molecular complexity index is 603. The first-order chi connectivity index (χ1) is 10.1. The molecular formula is C15H21N3O3. The van der Waals surface area contributed by atoms with Crippen LogP contribution in [0.2, 0.25) is 0 Å². The molecule has 0 atom stereocenters. The van der Waals surface area contributed by atoms with E-state index in [1.807, 2.05) is 26.0 Å². The highest BCUT2D eigenvalue weighted by Gasteiger charge is 2.16. The van der Waals surface area contributed by atoms with E-state index in [0.717, 1.165) is 22.6 Å². The molecule has 1 heterocycles. The lowest BCUT2D eigenvalue weighted by Gasteiger charge is -2.16. The summed E-state index contributed by atoms with van der Waals surface area (Å²) in [5, 5.41) is 10.5. The van der Waals surface area contributed by atoms with Crippen LogP contribution in [0.25, 0.3) is 0 Å². The molecule has 0 aliphatic heterocycles. The number of ether oxygens (including phenoxy) is 3. The lowest BCUT2D eigenvalue weighted by atomic mass is 10.1. The molecule has 0 unspecified atom stereocenters. The Morgan fingerprint density at radius 1 is 1.05 bits per heavy atom. The molecular weight excluding hydrogens is 270 g/mol. The average molecular weight is 291 g/mol. The number of aromatic nitrogens is 2. The highest BCUT2D eigenvalue weighted by molar-refractivity contribution is 5.58. The van der Waals surface area contributed by atoms with Gasteiger partial charge in [0.15, 0.2) is 11.5 Å². The van der Waals surface area contributed by atoms with Crippen molar-refractivity contribution < 1.29 is 14.2 Å². The van der Waals surface area contributed by atoms with Crippen LogP contribution in [0, 0.1) is 13.8 Å². The molecule has 2 aromatic rings. The van der Waals surface area contributed by atoms with E-state index >= 15 is 0 Å². The Morgan fingerprint density at radius 2 is 1.76 bits per heavy atom. The standard InChI is InChI=1S/C15H21N3O3/c1-9-13(10(2)18-17-9)16-8-11-6-7-12(19-3)15(21-5)14(11)20-4/h6-7,16H,8H2,1-5H3,(H,17,18). The molecule has 0 aliphatic rings. The van der Waals surface area contributed by atoms with E-state index in [9.17, 15) is 0 Å². The predicted molar refractivity (Wildman–Crippen MR) is 81.5 cm³/mol. The second-order valence-electron chi connectivity index (χ2n) is 4.66. The molecule has 0 amide bonds. The maximum absolute atomic E-state index is 5.47. The first-order valence-electron chi connectivity index (χ1n) is 6.65. The Balaban J connectivity index is 2.28. The summed E-state index contributed by atoms with van der Waals surface area (Å²) < 4.78 is 16.1. The van der Waals surface area contributed by atoms with E-state index in [-0.39, 0.29) is 0 Å². The largest absolute Gasteiger partial charge is 0.493 e. The Morgan fingerprint density at radius 3 is 2.29 bits per heavy atom. The Hall–Kier alpha value is -2.37. The predicted octanol–water partition coefficient (Wildman–Crippen LogP) is 2.66. The number of aromatic amines is 1. The van der Waals surface area contributed by atoms with Crippen molar-refractivity contribution in [3.05, 3.63) is 29.1 Å². The van der Waals surface area contributed by atoms with Gasteiger partial charge in [-0.3, -0.25) is 5.10 Å². The van der Waals surface area contributed by atoms with Crippen molar-refractivity contribution in [3.8, 4) is 17.2 Å². The van der Waals surface area contributed by atoms with Crippen LogP contribution in [0.4, 0.5) is 5.69 Å². The molecule has 2 rings (SSSR count). The number of H-pyrrole nitrogens is 1. The topological polar surface area (TPSA) is 68.4 Å². The number of anilines is 1. The molecule has 0 spiro atoms. The molecule has 0 saturated heterocycles. The molecule has 1 aromatic carbocycles. The maximum Gasteiger partial charge on any atom is 0.203 e. The fraction of sp³-hybridized carbons (Fsp3) is 0.400. The third-order valence-corrected chi connectivity index (χ3v) is 3.37. The van der Waals surface area contributed by atoms with E-state index in [0.29, 0.717) is 23.8 Å². The van der Waals surface area contributed by atoms with E-state index in [1.54, 1.807) is 21.3 Å². The first kappa shape index (κ1) is 15.0. The van der Waals surface area contributed by atoms with Crippen molar-refractivity contribution in [3.63, 3.8) is 0 Å². The maximum atomic E-state index is 5.47. The van der Waals surface area contributed by atoms with Crippen molar-refractivity contribution in [2.24, 2.45) is 0 Å². The minimum Gasteiger partial charge on any atom is -0.493 e. The quantitative estimate of drug-likeness (QED) is 0.856. The van der Waals surface area contributed by atoms with Crippen molar-refractivity contribution in [1.29, 1.82) is 0 Å². The second-order valence-corrected chi connectivity index (χ2v) is 4.66.